The van der Waals surface area contributed by atoms with Crippen LogP contribution < -0.4 is 10.1 Å². The topological polar surface area (TPSA) is 82.4 Å². The molecule has 1 aliphatic heterocycles. The van der Waals surface area contributed by atoms with Crippen molar-refractivity contribution in [3.8, 4) is 11.8 Å². The van der Waals surface area contributed by atoms with Crippen LogP contribution in [0.5, 0.6) is 5.75 Å². The summed E-state index contributed by atoms with van der Waals surface area (Å²) in [7, 11) is -2.13. The van der Waals surface area contributed by atoms with Crippen molar-refractivity contribution in [2.75, 3.05) is 32.5 Å². The third kappa shape index (κ3) is 5.83. The number of piperazine rings is 1. The van der Waals surface area contributed by atoms with Crippen LogP contribution in [0, 0.1) is 11.3 Å². The van der Waals surface area contributed by atoms with Gasteiger partial charge >= 0.3 is 0 Å². The Morgan fingerprint density at radius 1 is 1.08 bits per heavy atom. The van der Waals surface area contributed by atoms with Crippen LogP contribution in [0.3, 0.4) is 0 Å². The number of rotatable bonds is 8. The number of sulfone groups is 1. The minimum atomic E-state index is -3.67. The zero-order valence-corrected chi connectivity index (χ0v) is 23.0. The van der Waals surface area contributed by atoms with Gasteiger partial charge in [0.15, 0.2) is 0 Å². The highest BCUT2D eigenvalue weighted by molar-refractivity contribution is 8.22. The summed E-state index contributed by atoms with van der Waals surface area (Å²) in [5.74, 6) is 1.16. The molecule has 1 unspecified atom stereocenters. The SMILES string of the molecule is COc1ccc(S(=O)(=O)C2CNCCN2C(=S)SCCC(C#N)(c2ccccc2)c2ccccc2)cc1. The Labute approximate surface area is 228 Å². The Morgan fingerprint density at radius 3 is 2.22 bits per heavy atom. The standard InChI is InChI=1S/C28H29N3O3S3/c1-34-24-12-14-25(15-13-24)37(32,33)26-20-30-17-18-31(26)27(35)36-19-16-28(21-29,22-8-4-2-5-9-22)23-10-6-3-7-11-23/h2-15,26,30H,16-20H2,1H3. The summed E-state index contributed by atoms with van der Waals surface area (Å²) in [4.78, 5) is 2.03. The van der Waals surface area contributed by atoms with E-state index in [0.29, 0.717) is 35.3 Å². The third-order valence-electron chi connectivity index (χ3n) is 6.60. The van der Waals surface area contributed by atoms with Crippen molar-refractivity contribution in [2.45, 2.75) is 22.1 Å². The number of hydrogen-bond donors (Lipinski definition) is 1. The Kier molecular flexibility index (Phi) is 8.87. The summed E-state index contributed by atoms with van der Waals surface area (Å²) in [6.45, 7) is 1.42. The van der Waals surface area contributed by atoms with Gasteiger partial charge in [-0.05, 0) is 41.8 Å². The average molecular weight is 552 g/mol. The number of ether oxygens (including phenoxy) is 1. The number of hydrogen-bond acceptors (Lipinski definition) is 7. The van der Waals surface area contributed by atoms with Crippen molar-refractivity contribution >= 4 is 38.1 Å². The summed E-state index contributed by atoms with van der Waals surface area (Å²) < 4.78 is 32.7. The quantitative estimate of drug-likeness (QED) is 0.406. The molecule has 0 spiro atoms. The number of nitrogens with one attached hydrogen (secondary N) is 1. The van der Waals surface area contributed by atoms with Gasteiger partial charge in [-0.1, -0.05) is 84.6 Å². The van der Waals surface area contributed by atoms with Crippen LogP contribution >= 0.6 is 24.0 Å². The maximum Gasteiger partial charge on any atom is 0.200 e. The van der Waals surface area contributed by atoms with Gasteiger partial charge in [-0.2, -0.15) is 5.26 Å². The highest BCUT2D eigenvalue weighted by atomic mass is 32.2. The maximum atomic E-state index is 13.5. The first-order valence-electron chi connectivity index (χ1n) is 12.0. The molecule has 0 amide bonds. The van der Waals surface area contributed by atoms with Gasteiger partial charge in [0.25, 0.3) is 0 Å². The van der Waals surface area contributed by atoms with E-state index in [0.717, 1.165) is 11.1 Å². The Balaban J connectivity index is 1.52. The highest BCUT2D eigenvalue weighted by Gasteiger charge is 2.38. The number of methoxy groups -OCH3 is 1. The Bertz CT molecular complexity index is 1300. The van der Waals surface area contributed by atoms with E-state index in [4.69, 9.17) is 17.0 Å². The zero-order valence-electron chi connectivity index (χ0n) is 20.5. The van der Waals surface area contributed by atoms with E-state index < -0.39 is 20.6 Å². The fourth-order valence-corrected chi connectivity index (χ4v) is 7.83. The Morgan fingerprint density at radius 2 is 1.68 bits per heavy atom. The minimum Gasteiger partial charge on any atom is -0.497 e. The molecule has 0 aromatic heterocycles. The number of nitrogens with zero attached hydrogens (tertiary/aromatic N) is 2. The van der Waals surface area contributed by atoms with Crippen molar-refractivity contribution < 1.29 is 13.2 Å². The molecule has 1 aliphatic rings. The van der Waals surface area contributed by atoms with Crippen LogP contribution in [0.25, 0.3) is 0 Å². The molecule has 1 N–H and O–H groups in total. The molecule has 0 saturated carbocycles. The first kappa shape index (κ1) is 27.1. The lowest BCUT2D eigenvalue weighted by atomic mass is 9.74. The summed E-state index contributed by atoms with van der Waals surface area (Å²) in [6.07, 6.45) is 0.532. The van der Waals surface area contributed by atoms with Crippen molar-refractivity contribution in [1.82, 2.24) is 10.2 Å². The molecule has 0 radical (unpaired) electrons. The molecule has 1 fully saturated rings. The fourth-order valence-electron chi connectivity index (χ4n) is 4.55. The molecule has 1 heterocycles. The van der Waals surface area contributed by atoms with E-state index in [1.165, 1.54) is 11.8 Å². The van der Waals surface area contributed by atoms with Crippen LogP contribution in [0.4, 0.5) is 0 Å². The van der Waals surface area contributed by atoms with Crippen LogP contribution in [-0.4, -0.2) is 55.5 Å². The summed E-state index contributed by atoms with van der Waals surface area (Å²) in [5, 5.41) is 12.8. The molecule has 0 aliphatic carbocycles. The van der Waals surface area contributed by atoms with Gasteiger partial charge in [0.05, 0.1) is 18.1 Å². The molecule has 192 valence electrons. The third-order valence-corrected chi connectivity index (χ3v) is 10.1. The van der Waals surface area contributed by atoms with Crippen molar-refractivity contribution in [2.24, 2.45) is 0 Å². The molecule has 6 nitrogen and oxygen atoms in total. The lowest BCUT2D eigenvalue weighted by molar-refractivity contribution is 0.326. The van der Waals surface area contributed by atoms with E-state index in [1.54, 1.807) is 36.3 Å². The van der Waals surface area contributed by atoms with Gasteiger partial charge in [-0.3, -0.25) is 0 Å². The number of benzene rings is 3. The second kappa shape index (κ2) is 12.1. The van der Waals surface area contributed by atoms with Gasteiger partial charge in [-0.25, -0.2) is 8.42 Å². The van der Waals surface area contributed by atoms with E-state index in [9.17, 15) is 13.7 Å². The predicted molar refractivity (Wildman–Crippen MR) is 152 cm³/mol. The molecule has 3 aromatic rings. The molecular weight excluding hydrogens is 523 g/mol. The molecular formula is C28H29N3O3S3. The summed E-state index contributed by atoms with van der Waals surface area (Å²) in [6, 6.07) is 28.6. The highest BCUT2D eigenvalue weighted by Crippen LogP contribution is 2.37. The van der Waals surface area contributed by atoms with E-state index >= 15 is 0 Å². The van der Waals surface area contributed by atoms with Crippen LogP contribution in [0.15, 0.2) is 89.8 Å². The second-order valence-corrected chi connectivity index (χ2v) is 12.5. The monoisotopic (exact) mass is 551 g/mol. The number of thiocarbonyl (C=S) groups is 1. The van der Waals surface area contributed by atoms with Gasteiger partial charge in [-0.15, -0.1) is 0 Å². The van der Waals surface area contributed by atoms with Gasteiger partial charge in [0.1, 0.15) is 20.9 Å². The minimum absolute atomic E-state index is 0.233. The smallest absolute Gasteiger partial charge is 0.200 e. The normalized spacial score (nSPS) is 16.1. The zero-order chi connectivity index (χ0) is 26.3. The molecule has 3 aromatic carbocycles. The lowest BCUT2D eigenvalue weighted by Gasteiger charge is -2.37. The fraction of sp³-hybridized carbons (Fsp3) is 0.286. The summed E-state index contributed by atoms with van der Waals surface area (Å²) >= 11 is 7.19. The average Bonchev–Trinajstić information content (AvgIpc) is 2.96. The molecule has 1 atom stereocenters. The van der Waals surface area contributed by atoms with Crippen molar-refractivity contribution in [3.05, 3.63) is 96.1 Å². The lowest BCUT2D eigenvalue weighted by Crippen LogP contribution is -2.55. The van der Waals surface area contributed by atoms with Crippen molar-refractivity contribution in [3.63, 3.8) is 0 Å². The summed E-state index contributed by atoms with van der Waals surface area (Å²) in [5.41, 5.74) is 1.03. The van der Waals surface area contributed by atoms with Crippen molar-refractivity contribution in [1.29, 1.82) is 5.26 Å². The predicted octanol–water partition coefficient (Wildman–Crippen LogP) is 4.62. The van der Waals surface area contributed by atoms with E-state index in [-0.39, 0.29) is 11.4 Å². The molecule has 1 saturated heterocycles. The second-order valence-electron chi connectivity index (χ2n) is 8.69. The van der Waals surface area contributed by atoms with Gasteiger partial charge in [0, 0.05) is 25.4 Å². The number of thioether (sulfide) groups is 1. The van der Waals surface area contributed by atoms with Gasteiger partial charge < -0.3 is 15.0 Å². The van der Waals surface area contributed by atoms with Crippen LogP contribution in [0.2, 0.25) is 0 Å². The maximum absolute atomic E-state index is 13.5. The Hall–Kier alpha value is -2.90. The van der Waals surface area contributed by atoms with Crippen LogP contribution in [0.1, 0.15) is 17.5 Å². The number of nitriles is 1. The molecule has 37 heavy (non-hydrogen) atoms. The van der Waals surface area contributed by atoms with Crippen LogP contribution in [-0.2, 0) is 15.3 Å². The van der Waals surface area contributed by atoms with E-state index in [2.05, 4.69) is 11.4 Å². The first-order valence-corrected chi connectivity index (χ1v) is 14.9. The largest absolute Gasteiger partial charge is 0.497 e. The molecule has 4 rings (SSSR count). The van der Waals surface area contributed by atoms with Gasteiger partial charge in [0.2, 0.25) is 9.84 Å². The molecule has 0 bridgehead atoms. The van der Waals surface area contributed by atoms with E-state index in [1.807, 2.05) is 60.7 Å². The first-order chi connectivity index (χ1) is 17.9. The molecule has 9 heteroatoms.